The van der Waals surface area contributed by atoms with Crippen LogP contribution in [0, 0.1) is 0 Å². The predicted octanol–water partition coefficient (Wildman–Crippen LogP) is 0.725. The van der Waals surface area contributed by atoms with Gasteiger partial charge in [-0.15, -0.1) is 0 Å². The molecule has 2 aliphatic heterocycles. The SMILES string of the molecule is CN1CCN([C@@H]2CN(C(=O)c3cccc(=O)[nH]3)CC[C@]2(O)c2ccccc2)CC1. The number of aliphatic hydroxyl groups is 1. The number of pyridine rings is 1. The van der Waals surface area contributed by atoms with Gasteiger partial charge in [-0.2, -0.15) is 0 Å². The molecule has 2 atom stereocenters. The number of aromatic nitrogens is 1. The molecule has 0 radical (unpaired) electrons. The van der Waals surface area contributed by atoms with Crippen LogP contribution in [0.25, 0.3) is 0 Å². The van der Waals surface area contributed by atoms with Crippen molar-refractivity contribution < 1.29 is 9.90 Å². The second-order valence-corrected chi connectivity index (χ2v) is 8.08. The summed E-state index contributed by atoms with van der Waals surface area (Å²) in [7, 11) is 2.10. The Morgan fingerprint density at radius 2 is 1.76 bits per heavy atom. The van der Waals surface area contributed by atoms with Gasteiger partial charge in [0.1, 0.15) is 11.3 Å². The monoisotopic (exact) mass is 396 g/mol. The Morgan fingerprint density at radius 1 is 1.03 bits per heavy atom. The first-order valence-corrected chi connectivity index (χ1v) is 10.2. The number of carbonyl (C=O) groups excluding carboxylic acids is 1. The van der Waals surface area contributed by atoms with E-state index in [0.717, 1.165) is 31.7 Å². The number of likely N-dealkylation sites (N-methyl/N-ethyl adjacent to an activating group) is 1. The van der Waals surface area contributed by atoms with Gasteiger partial charge in [0.15, 0.2) is 0 Å². The van der Waals surface area contributed by atoms with Crippen molar-refractivity contribution in [1.29, 1.82) is 0 Å². The fraction of sp³-hybridized carbons (Fsp3) is 0.455. The highest BCUT2D eigenvalue weighted by molar-refractivity contribution is 5.92. The van der Waals surface area contributed by atoms with Crippen LogP contribution in [0.4, 0.5) is 0 Å². The zero-order valence-corrected chi connectivity index (χ0v) is 16.8. The number of carbonyl (C=O) groups is 1. The third-order valence-electron chi connectivity index (χ3n) is 6.25. The van der Waals surface area contributed by atoms with Crippen LogP contribution in [-0.4, -0.2) is 83.1 Å². The van der Waals surface area contributed by atoms with Crippen molar-refractivity contribution in [3.8, 4) is 0 Å². The maximum absolute atomic E-state index is 13.0. The highest BCUT2D eigenvalue weighted by atomic mass is 16.3. The number of benzene rings is 1. The van der Waals surface area contributed by atoms with Gasteiger partial charge in [-0.3, -0.25) is 14.5 Å². The Labute approximate surface area is 170 Å². The van der Waals surface area contributed by atoms with Crippen LogP contribution < -0.4 is 5.56 Å². The van der Waals surface area contributed by atoms with Gasteiger partial charge in [-0.1, -0.05) is 36.4 Å². The molecule has 7 heteroatoms. The Bertz CT molecular complexity index is 908. The van der Waals surface area contributed by atoms with Gasteiger partial charge in [-0.25, -0.2) is 0 Å². The van der Waals surface area contributed by atoms with E-state index in [0.29, 0.717) is 25.2 Å². The first-order chi connectivity index (χ1) is 14.0. The minimum Gasteiger partial charge on any atom is -0.383 e. The summed E-state index contributed by atoms with van der Waals surface area (Å²) in [4.78, 5) is 33.6. The first-order valence-electron chi connectivity index (χ1n) is 10.2. The number of hydrogen-bond donors (Lipinski definition) is 2. The fourth-order valence-corrected chi connectivity index (χ4v) is 4.47. The molecule has 1 aromatic carbocycles. The van der Waals surface area contributed by atoms with E-state index >= 15 is 0 Å². The average molecular weight is 396 g/mol. The number of amides is 1. The normalized spacial score (nSPS) is 26.4. The van der Waals surface area contributed by atoms with Crippen LogP contribution in [0.15, 0.2) is 53.3 Å². The van der Waals surface area contributed by atoms with Crippen LogP contribution in [0.3, 0.4) is 0 Å². The molecule has 2 aromatic rings. The minimum atomic E-state index is -1.02. The molecule has 1 amide bonds. The molecule has 0 unspecified atom stereocenters. The lowest BCUT2D eigenvalue weighted by molar-refractivity contribution is -0.101. The number of nitrogens with one attached hydrogen (secondary N) is 1. The molecule has 1 aromatic heterocycles. The zero-order chi connectivity index (χ0) is 20.4. The summed E-state index contributed by atoms with van der Waals surface area (Å²) in [6.45, 7) is 4.42. The summed E-state index contributed by atoms with van der Waals surface area (Å²) in [5, 5.41) is 11.8. The molecule has 2 fully saturated rings. The Kier molecular flexibility index (Phi) is 5.54. The van der Waals surface area contributed by atoms with E-state index in [1.54, 1.807) is 17.0 Å². The maximum Gasteiger partial charge on any atom is 0.270 e. The molecule has 2 saturated heterocycles. The molecule has 0 bridgehead atoms. The predicted molar refractivity (Wildman–Crippen MR) is 111 cm³/mol. The molecule has 2 N–H and O–H groups in total. The van der Waals surface area contributed by atoms with Crippen molar-refractivity contribution >= 4 is 5.91 Å². The molecule has 0 saturated carbocycles. The Balaban J connectivity index is 1.62. The van der Waals surface area contributed by atoms with E-state index in [4.69, 9.17) is 0 Å². The minimum absolute atomic E-state index is 0.197. The lowest BCUT2D eigenvalue weighted by Crippen LogP contribution is -2.64. The van der Waals surface area contributed by atoms with Gasteiger partial charge in [0, 0.05) is 45.3 Å². The molecule has 2 aliphatic rings. The Morgan fingerprint density at radius 3 is 2.45 bits per heavy atom. The van der Waals surface area contributed by atoms with Crippen LogP contribution in [-0.2, 0) is 5.60 Å². The van der Waals surface area contributed by atoms with E-state index in [1.807, 2.05) is 30.3 Å². The Hall–Kier alpha value is -2.48. The van der Waals surface area contributed by atoms with Gasteiger partial charge in [-0.05, 0) is 25.1 Å². The molecule has 7 nitrogen and oxygen atoms in total. The molecule has 0 spiro atoms. The molecule has 3 heterocycles. The van der Waals surface area contributed by atoms with E-state index in [1.165, 1.54) is 6.07 Å². The quantitative estimate of drug-likeness (QED) is 0.800. The fourth-order valence-electron chi connectivity index (χ4n) is 4.47. The summed E-state index contributed by atoms with van der Waals surface area (Å²) in [5.41, 5.74) is -0.119. The molecule has 0 aliphatic carbocycles. The van der Waals surface area contributed by atoms with Crippen molar-refractivity contribution in [2.75, 3.05) is 46.3 Å². The number of piperidine rings is 1. The lowest BCUT2D eigenvalue weighted by atomic mass is 9.79. The molecule has 29 heavy (non-hydrogen) atoms. The first kappa shape index (κ1) is 19.8. The van der Waals surface area contributed by atoms with E-state index in [9.17, 15) is 14.7 Å². The van der Waals surface area contributed by atoms with Crippen molar-refractivity contribution in [3.63, 3.8) is 0 Å². The van der Waals surface area contributed by atoms with Crippen molar-refractivity contribution in [2.45, 2.75) is 18.1 Å². The van der Waals surface area contributed by atoms with Crippen LogP contribution in [0.5, 0.6) is 0 Å². The zero-order valence-electron chi connectivity index (χ0n) is 16.8. The van der Waals surface area contributed by atoms with Crippen LogP contribution in [0.1, 0.15) is 22.5 Å². The summed E-state index contributed by atoms with van der Waals surface area (Å²) in [6.07, 6.45) is 0.455. The summed E-state index contributed by atoms with van der Waals surface area (Å²) < 4.78 is 0. The second kappa shape index (κ2) is 8.10. The van der Waals surface area contributed by atoms with E-state index < -0.39 is 5.60 Å². The number of nitrogens with zero attached hydrogens (tertiary/aromatic N) is 3. The standard InChI is InChI=1S/C22H28N4O3/c1-24-12-14-25(15-13-24)19-16-26(21(28)18-8-5-9-20(27)23-18)11-10-22(19,29)17-6-3-2-4-7-17/h2-9,19,29H,10-16H2,1H3,(H,23,27)/t19-,22+/m1/s1. The number of aromatic amines is 1. The van der Waals surface area contributed by atoms with Crippen molar-refractivity contribution in [3.05, 3.63) is 70.1 Å². The highest BCUT2D eigenvalue weighted by Gasteiger charge is 2.47. The topological polar surface area (TPSA) is 79.9 Å². The third kappa shape index (κ3) is 3.99. The van der Waals surface area contributed by atoms with Gasteiger partial charge in [0.05, 0.1) is 6.04 Å². The van der Waals surface area contributed by atoms with Gasteiger partial charge >= 0.3 is 0 Å². The van der Waals surface area contributed by atoms with Crippen LogP contribution >= 0.6 is 0 Å². The van der Waals surface area contributed by atoms with Gasteiger partial charge in [0.2, 0.25) is 5.56 Å². The largest absolute Gasteiger partial charge is 0.383 e. The third-order valence-corrected chi connectivity index (χ3v) is 6.25. The van der Waals surface area contributed by atoms with Gasteiger partial charge < -0.3 is 19.9 Å². The number of hydrogen-bond acceptors (Lipinski definition) is 5. The maximum atomic E-state index is 13.0. The number of H-pyrrole nitrogens is 1. The van der Waals surface area contributed by atoms with Crippen LogP contribution in [0.2, 0.25) is 0 Å². The van der Waals surface area contributed by atoms with Gasteiger partial charge in [0.25, 0.3) is 5.91 Å². The molecule has 154 valence electrons. The van der Waals surface area contributed by atoms with Crippen molar-refractivity contribution in [2.24, 2.45) is 0 Å². The molecular weight excluding hydrogens is 368 g/mol. The van der Waals surface area contributed by atoms with E-state index in [2.05, 4.69) is 21.8 Å². The molecular formula is C22H28N4O3. The number of rotatable bonds is 3. The smallest absolute Gasteiger partial charge is 0.270 e. The highest BCUT2D eigenvalue weighted by Crippen LogP contribution is 2.36. The summed E-state index contributed by atoms with van der Waals surface area (Å²) in [5.74, 6) is -0.197. The lowest BCUT2D eigenvalue weighted by Gasteiger charge is -2.51. The average Bonchev–Trinajstić information content (AvgIpc) is 2.75. The van der Waals surface area contributed by atoms with Crippen molar-refractivity contribution in [1.82, 2.24) is 19.7 Å². The number of piperazine rings is 1. The van der Waals surface area contributed by atoms with E-state index in [-0.39, 0.29) is 17.5 Å². The molecule has 4 rings (SSSR count). The summed E-state index contributed by atoms with van der Waals surface area (Å²) >= 11 is 0. The summed E-state index contributed by atoms with van der Waals surface area (Å²) in [6, 6.07) is 14.2. The second-order valence-electron chi connectivity index (χ2n) is 8.08. The number of likely N-dealkylation sites (tertiary alicyclic amines) is 1.